The van der Waals surface area contributed by atoms with Crippen molar-refractivity contribution in [3.8, 4) is 16.8 Å². The number of carbonyl (C=O) groups is 1. The molecule has 0 aliphatic heterocycles. The van der Waals surface area contributed by atoms with Crippen LogP contribution in [0.2, 0.25) is 0 Å². The van der Waals surface area contributed by atoms with Crippen LogP contribution in [0.1, 0.15) is 35.8 Å². The van der Waals surface area contributed by atoms with E-state index in [1.807, 2.05) is 79.7 Å². The molecule has 6 nitrogen and oxygen atoms in total. The molecule has 3 aromatic carbocycles. The van der Waals surface area contributed by atoms with Gasteiger partial charge in [-0.15, -0.1) is 11.3 Å². The fourth-order valence-corrected chi connectivity index (χ4v) is 6.20. The number of nitrogens with one attached hydrogen (secondary N) is 1. The van der Waals surface area contributed by atoms with Gasteiger partial charge in [0.25, 0.3) is 11.5 Å². The predicted octanol–water partition coefficient (Wildman–Crippen LogP) is 6.79. The predicted molar refractivity (Wildman–Crippen MR) is 162 cm³/mol. The number of fused-ring (bicyclic) bond motifs is 1. The van der Waals surface area contributed by atoms with Crippen molar-refractivity contribution in [2.24, 2.45) is 5.10 Å². The van der Waals surface area contributed by atoms with Gasteiger partial charge in [0.2, 0.25) is 0 Å². The van der Waals surface area contributed by atoms with Gasteiger partial charge in [-0.05, 0) is 41.7 Å². The fourth-order valence-electron chi connectivity index (χ4n) is 4.30. The molecule has 0 fully saturated rings. The molecule has 2 heterocycles. The van der Waals surface area contributed by atoms with Gasteiger partial charge in [0.05, 0.1) is 23.0 Å². The zero-order valence-corrected chi connectivity index (χ0v) is 23.6. The molecule has 196 valence electrons. The molecular formula is C31H28N4O2S2. The molecule has 2 aromatic heterocycles. The van der Waals surface area contributed by atoms with E-state index >= 15 is 0 Å². The summed E-state index contributed by atoms with van der Waals surface area (Å²) in [6, 6.07) is 27.4. The average Bonchev–Trinajstić information content (AvgIpc) is 3.29. The van der Waals surface area contributed by atoms with Gasteiger partial charge in [-0.3, -0.25) is 14.2 Å². The second kappa shape index (κ2) is 11.8. The van der Waals surface area contributed by atoms with Crippen LogP contribution in [0.25, 0.3) is 27.0 Å². The van der Waals surface area contributed by atoms with Gasteiger partial charge >= 0.3 is 0 Å². The Bertz CT molecular complexity index is 1690. The molecule has 1 amide bonds. The standard InChI is InChI=1S/C31H28N4O2S2/c1-20(2)23-16-14-22(15-17-23)18-32-34-26(36)19-38-31-33-29-28(30(37)35(31)25-12-8-5-9-13-25)27(21(3)39-29)24-10-6-4-7-11-24/h4-18,20H,19H2,1-3H3,(H,34,36)/b32-18+. The van der Waals surface area contributed by atoms with Crippen LogP contribution in [0.4, 0.5) is 0 Å². The first-order valence-corrected chi connectivity index (χ1v) is 14.4. The molecule has 0 saturated heterocycles. The number of rotatable bonds is 8. The number of hydrogen-bond acceptors (Lipinski definition) is 6. The van der Waals surface area contributed by atoms with Crippen LogP contribution in [0.3, 0.4) is 0 Å². The van der Waals surface area contributed by atoms with E-state index in [1.54, 1.807) is 10.8 Å². The number of benzene rings is 3. The Hall–Kier alpha value is -4.01. The van der Waals surface area contributed by atoms with Crippen LogP contribution in [0.5, 0.6) is 0 Å². The lowest BCUT2D eigenvalue weighted by Crippen LogP contribution is -2.24. The lowest BCUT2D eigenvalue weighted by atomic mass is 10.0. The first-order chi connectivity index (χ1) is 18.9. The third-order valence-electron chi connectivity index (χ3n) is 6.29. The number of para-hydroxylation sites is 1. The van der Waals surface area contributed by atoms with E-state index in [2.05, 4.69) is 36.5 Å². The Morgan fingerprint density at radius 3 is 2.36 bits per heavy atom. The lowest BCUT2D eigenvalue weighted by Gasteiger charge is -2.12. The van der Waals surface area contributed by atoms with Gasteiger partial charge < -0.3 is 0 Å². The monoisotopic (exact) mass is 552 g/mol. The number of thiophene rings is 1. The number of nitrogens with zero attached hydrogens (tertiary/aromatic N) is 3. The van der Waals surface area contributed by atoms with Crippen molar-refractivity contribution in [1.82, 2.24) is 15.0 Å². The molecule has 5 rings (SSSR count). The Morgan fingerprint density at radius 1 is 1.03 bits per heavy atom. The summed E-state index contributed by atoms with van der Waals surface area (Å²) in [4.78, 5) is 33.2. The molecule has 0 aliphatic rings. The minimum absolute atomic E-state index is 0.0598. The molecule has 0 radical (unpaired) electrons. The van der Waals surface area contributed by atoms with Crippen LogP contribution >= 0.6 is 23.1 Å². The second-order valence-corrected chi connectivity index (χ2v) is 11.5. The van der Waals surface area contributed by atoms with E-state index in [0.717, 1.165) is 21.6 Å². The highest BCUT2D eigenvalue weighted by Gasteiger charge is 2.21. The number of thioether (sulfide) groups is 1. The highest BCUT2D eigenvalue weighted by Crippen LogP contribution is 2.36. The molecule has 39 heavy (non-hydrogen) atoms. The van der Waals surface area contributed by atoms with Gasteiger partial charge in [-0.25, -0.2) is 10.4 Å². The van der Waals surface area contributed by atoms with E-state index in [-0.39, 0.29) is 17.2 Å². The summed E-state index contributed by atoms with van der Waals surface area (Å²) < 4.78 is 1.60. The minimum atomic E-state index is -0.281. The quantitative estimate of drug-likeness (QED) is 0.0995. The van der Waals surface area contributed by atoms with Gasteiger partial charge in [0, 0.05) is 10.4 Å². The number of aromatic nitrogens is 2. The third kappa shape index (κ3) is 5.87. The highest BCUT2D eigenvalue weighted by molar-refractivity contribution is 7.99. The molecule has 0 atom stereocenters. The molecule has 0 spiro atoms. The van der Waals surface area contributed by atoms with Crippen LogP contribution in [0.15, 0.2) is 100.0 Å². The largest absolute Gasteiger partial charge is 0.272 e. The number of hydrogen-bond donors (Lipinski definition) is 1. The van der Waals surface area contributed by atoms with Crippen LogP contribution in [0, 0.1) is 6.92 Å². The number of amides is 1. The van der Waals surface area contributed by atoms with Crippen LogP contribution < -0.4 is 11.0 Å². The van der Waals surface area contributed by atoms with Gasteiger partial charge in [-0.1, -0.05) is 98.4 Å². The SMILES string of the molecule is Cc1sc2nc(SCC(=O)N/N=C/c3ccc(C(C)C)cc3)n(-c3ccccc3)c(=O)c2c1-c1ccccc1. The van der Waals surface area contributed by atoms with E-state index < -0.39 is 0 Å². The zero-order chi connectivity index (χ0) is 27.4. The molecular weight excluding hydrogens is 525 g/mol. The molecule has 1 N–H and O–H groups in total. The van der Waals surface area contributed by atoms with Crippen molar-refractivity contribution < 1.29 is 4.79 Å². The van der Waals surface area contributed by atoms with Crippen molar-refractivity contribution in [1.29, 1.82) is 0 Å². The normalized spacial score (nSPS) is 11.5. The van der Waals surface area contributed by atoms with E-state index in [0.29, 0.717) is 27.0 Å². The van der Waals surface area contributed by atoms with Crippen molar-refractivity contribution >= 4 is 45.4 Å². The Kier molecular flexibility index (Phi) is 8.05. The van der Waals surface area contributed by atoms with Crippen LogP contribution in [-0.2, 0) is 4.79 Å². The van der Waals surface area contributed by atoms with Gasteiger partial charge in [0.15, 0.2) is 5.16 Å². The van der Waals surface area contributed by atoms with E-state index in [4.69, 9.17) is 4.98 Å². The average molecular weight is 553 g/mol. The van der Waals surface area contributed by atoms with Gasteiger partial charge in [-0.2, -0.15) is 5.10 Å². The molecule has 0 unspecified atom stereocenters. The van der Waals surface area contributed by atoms with Crippen molar-refractivity contribution in [2.45, 2.75) is 31.8 Å². The Balaban J connectivity index is 1.42. The van der Waals surface area contributed by atoms with Gasteiger partial charge in [0.1, 0.15) is 4.83 Å². The van der Waals surface area contributed by atoms with Crippen molar-refractivity contribution in [2.75, 3.05) is 5.75 Å². The fraction of sp³-hybridized carbons (Fsp3) is 0.161. The molecule has 0 bridgehead atoms. The Labute approximate surface area is 235 Å². The summed E-state index contributed by atoms with van der Waals surface area (Å²) in [5.41, 5.74) is 7.17. The first kappa shape index (κ1) is 26.6. The first-order valence-electron chi connectivity index (χ1n) is 12.6. The third-order valence-corrected chi connectivity index (χ3v) is 8.22. The lowest BCUT2D eigenvalue weighted by molar-refractivity contribution is -0.118. The summed E-state index contributed by atoms with van der Waals surface area (Å²) in [5.74, 6) is 0.234. The zero-order valence-electron chi connectivity index (χ0n) is 21.9. The molecule has 8 heteroatoms. The summed E-state index contributed by atoms with van der Waals surface area (Å²) in [7, 11) is 0. The Morgan fingerprint density at radius 2 is 1.69 bits per heavy atom. The van der Waals surface area contributed by atoms with E-state index in [1.165, 1.54) is 28.7 Å². The highest BCUT2D eigenvalue weighted by atomic mass is 32.2. The van der Waals surface area contributed by atoms with Crippen molar-refractivity contribution in [3.05, 3.63) is 111 Å². The number of aryl methyl sites for hydroxylation is 1. The smallest absolute Gasteiger partial charge is 0.268 e. The maximum Gasteiger partial charge on any atom is 0.268 e. The maximum absolute atomic E-state index is 14.0. The molecule has 0 aliphatic carbocycles. The number of carbonyl (C=O) groups excluding carboxylic acids is 1. The summed E-state index contributed by atoms with van der Waals surface area (Å²) in [5, 5.41) is 5.15. The summed E-state index contributed by atoms with van der Waals surface area (Å²) >= 11 is 2.71. The van der Waals surface area contributed by atoms with Crippen molar-refractivity contribution in [3.63, 3.8) is 0 Å². The topological polar surface area (TPSA) is 76.3 Å². The van der Waals surface area contributed by atoms with Crippen LogP contribution in [-0.4, -0.2) is 27.4 Å². The van der Waals surface area contributed by atoms with E-state index in [9.17, 15) is 9.59 Å². The maximum atomic E-state index is 14.0. The molecule has 0 saturated carbocycles. The molecule has 5 aromatic rings. The summed E-state index contributed by atoms with van der Waals surface area (Å²) in [6.45, 7) is 6.30. The minimum Gasteiger partial charge on any atom is -0.272 e. The summed E-state index contributed by atoms with van der Waals surface area (Å²) in [6.07, 6.45) is 1.62. The second-order valence-electron chi connectivity index (χ2n) is 9.35. The number of hydrazone groups is 1.